The number of rotatable bonds is 19. The monoisotopic (exact) mass is 604 g/mol. The minimum Gasteiger partial charge on any atom is -0.492 e. The summed E-state index contributed by atoms with van der Waals surface area (Å²) in [7, 11) is 0. The Bertz CT molecular complexity index is 927. The fraction of sp³-hybridized carbons (Fsp3) is 0.500. The number of unbranched alkanes of at least 4 members (excludes halogenated alkanes) is 5. The molecular weight excluding hydrogens is 570 g/mol. The van der Waals surface area contributed by atoms with E-state index in [9.17, 15) is 9.59 Å². The van der Waals surface area contributed by atoms with Gasteiger partial charge in [-0.15, -0.1) is 0 Å². The summed E-state index contributed by atoms with van der Waals surface area (Å²) >= 11 is 23.8. The molecule has 2 aromatic carbocycles. The molecule has 0 saturated heterocycles. The number of hydrogen-bond donors (Lipinski definition) is 2. The highest BCUT2D eigenvalue weighted by Gasteiger charge is 2.06. The molecule has 38 heavy (non-hydrogen) atoms. The normalized spacial score (nSPS) is 10.7. The third kappa shape index (κ3) is 14.3. The Labute approximate surface area is 245 Å². The molecule has 0 fully saturated rings. The van der Waals surface area contributed by atoms with Crippen molar-refractivity contribution in [3.63, 3.8) is 0 Å². The average molecular weight is 606 g/mol. The van der Waals surface area contributed by atoms with Crippen LogP contribution in [-0.2, 0) is 9.59 Å². The van der Waals surface area contributed by atoms with E-state index in [1.165, 1.54) is 0 Å². The molecule has 2 rings (SSSR count). The summed E-state index contributed by atoms with van der Waals surface area (Å²) in [6, 6.07) is 10.1. The molecule has 6 nitrogen and oxygen atoms in total. The van der Waals surface area contributed by atoms with Crippen LogP contribution in [-0.4, -0.2) is 38.1 Å². The van der Waals surface area contributed by atoms with Crippen LogP contribution in [0.25, 0.3) is 0 Å². The van der Waals surface area contributed by atoms with E-state index in [-0.39, 0.29) is 11.8 Å². The van der Waals surface area contributed by atoms with Crippen molar-refractivity contribution in [2.75, 3.05) is 26.3 Å². The Hall–Kier alpha value is -1.86. The van der Waals surface area contributed by atoms with Crippen molar-refractivity contribution in [2.24, 2.45) is 0 Å². The molecule has 0 aliphatic carbocycles. The van der Waals surface area contributed by atoms with Crippen molar-refractivity contribution in [1.29, 1.82) is 0 Å². The Kier molecular flexibility index (Phi) is 16.4. The molecule has 0 heterocycles. The number of hydrogen-bond acceptors (Lipinski definition) is 4. The van der Waals surface area contributed by atoms with E-state index < -0.39 is 0 Å². The van der Waals surface area contributed by atoms with Gasteiger partial charge in [0.15, 0.2) is 0 Å². The van der Waals surface area contributed by atoms with Crippen LogP contribution in [0.3, 0.4) is 0 Å². The second kappa shape index (κ2) is 19.2. The van der Waals surface area contributed by atoms with Gasteiger partial charge in [-0.05, 0) is 62.1 Å². The number of amides is 2. The number of carbonyl (C=O) groups excluding carboxylic acids is 2. The summed E-state index contributed by atoms with van der Waals surface area (Å²) in [4.78, 5) is 23.9. The Morgan fingerprint density at radius 1 is 0.579 bits per heavy atom. The van der Waals surface area contributed by atoms with E-state index >= 15 is 0 Å². The van der Waals surface area contributed by atoms with E-state index in [0.717, 1.165) is 38.5 Å². The molecule has 2 amide bonds. The minimum absolute atomic E-state index is 0.0342. The van der Waals surface area contributed by atoms with Crippen molar-refractivity contribution < 1.29 is 19.1 Å². The first kappa shape index (κ1) is 32.4. The van der Waals surface area contributed by atoms with E-state index in [0.29, 0.717) is 83.6 Å². The SMILES string of the molecule is O=C(CCCOc1ccc(Cl)cc1Cl)NCCCCCCCCNC(=O)CCCOc1ccc(Cl)cc1Cl. The van der Waals surface area contributed by atoms with E-state index in [1.54, 1.807) is 36.4 Å². The van der Waals surface area contributed by atoms with Crippen LogP contribution in [0, 0.1) is 0 Å². The summed E-state index contributed by atoms with van der Waals surface area (Å²) in [6.07, 6.45) is 8.37. The van der Waals surface area contributed by atoms with E-state index in [1.807, 2.05) is 0 Å². The Balaban J connectivity index is 1.34. The van der Waals surface area contributed by atoms with Gasteiger partial charge in [0.2, 0.25) is 11.8 Å². The first-order valence-corrected chi connectivity index (χ1v) is 14.6. The molecule has 0 radical (unpaired) electrons. The van der Waals surface area contributed by atoms with Crippen LogP contribution in [0.1, 0.15) is 64.2 Å². The highest BCUT2D eigenvalue weighted by atomic mass is 35.5. The summed E-state index contributed by atoms with van der Waals surface area (Å²) in [5.41, 5.74) is 0. The zero-order chi connectivity index (χ0) is 27.6. The van der Waals surface area contributed by atoms with Crippen molar-refractivity contribution in [2.45, 2.75) is 64.2 Å². The third-order valence-electron chi connectivity index (χ3n) is 5.65. The number of benzene rings is 2. The molecule has 0 aliphatic heterocycles. The van der Waals surface area contributed by atoms with Gasteiger partial charge in [0.05, 0.1) is 23.3 Å². The molecule has 0 atom stereocenters. The van der Waals surface area contributed by atoms with Gasteiger partial charge >= 0.3 is 0 Å². The number of carbonyl (C=O) groups is 2. The fourth-order valence-corrected chi connectivity index (χ4v) is 4.53. The fourth-order valence-electron chi connectivity index (χ4n) is 3.60. The molecule has 0 aromatic heterocycles. The second-order valence-electron chi connectivity index (χ2n) is 8.87. The van der Waals surface area contributed by atoms with E-state index in [2.05, 4.69) is 10.6 Å². The van der Waals surface area contributed by atoms with Crippen LogP contribution in [0.5, 0.6) is 11.5 Å². The van der Waals surface area contributed by atoms with Gasteiger partial charge in [0.1, 0.15) is 11.5 Å². The molecule has 2 N–H and O–H groups in total. The lowest BCUT2D eigenvalue weighted by Crippen LogP contribution is -2.24. The third-order valence-corrected chi connectivity index (χ3v) is 6.71. The lowest BCUT2D eigenvalue weighted by atomic mass is 10.1. The van der Waals surface area contributed by atoms with Gasteiger partial charge in [-0.25, -0.2) is 0 Å². The van der Waals surface area contributed by atoms with Gasteiger partial charge in [0, 0.05) is 36.0 Å². The maximum absolute atomic E-state index is 11.9. The zero-order valence-electron chi connectivity index (χ0n) is 21.5. The summed E-state index contributed by atoms with van der Waals surface area (Å²) in [5, 5.41) is 7.95. The zero-order valence-corrected chi connectivity index (χ0v) is 24.5. The molecule has 2 aromatic rings. The number of nitrogens with one attached hydrogen (secondary N) is 2. The molecule has 0 saturated carbocycles. The average Bonchev–Trinajstić information content (AvgIpc) is 2.87. The van der Waals surface area contributed by atoms with Gasteiger partial charge in [-0.2, -0.15) is 0 Å². The number of halogens is 4. The lowest BCUT2D eigenvalue weighted by molar-refractivity contribution is -0.122. The van der Waals surface area contributed by atoms with Crippen LogP contribution >= 0.6 is 46.4 Å². The summed E-state index contributed by atoms with van der Waals surface area (Å²) in [5.74, 6) is 1.21. The minimum atomic E-state index is 0.0342. The van der Waals surface area contributed by atoms with Crippen molar-refractivity contribution in [3.8, 4) is 11.5 Å². The van der Waals surface area contributed by atoms with Crippen LogP contribution < -0.4 is 20.1 Å². The van der Waals surface area contributed by atoms with Crippen molar-refractivity contribution >= 4 is 58.2 Å². The van der Waals surface area contributed by atoms with Crippen LogP contribution in [0.2, 0.25) is 20.1 Å². The first-order valence-electron chi connectivity index (χ1n) is 13.0. The molecule has 0 bridgehead atoms. The quantitative estimate of drug-likeness (QED) is 0.160. The molecule has 0 unspecified atom stereocenters. The Morgan fingerprint density at radius 2 is 0.974 bits per heavy atom. The smallest absolute Gasteiger partial charge is 0.220 e. The molecule has 0 spiro atoms. The number of ether oxygens (including phenoxy) is 2. The van der Waals surface area contributed by atoms with Crippen LogP contribution in [0.15, 0.2) is 36.4 Å². The molecule has 210 valence electrons. The molecule has 10 heteroatoms. The summed E-state index contributed by atoms with van der Waals surface area (Å²) < 4.78 is 11.2. The molecular formula is C28H36Cl4N2O4. The first-order chi connectivity index (χ1) is 18.3. The maximum atomic E-state index is 11.9. The second-order valence-corrected chi connectivity index (χ2v) is 10.6. The predicted octanol–water partition coefficient (Wildman–Crippen LogP) is 7.89. The van der Waals surface area contributed by atoms with Gasteiger partial charge in [-0.3, -0.25) is 9.59 Å². The lowest BCUT2D eigenvalue weighted by Gasteiger charge is -2.09. The van der Waals surface area contributed by atoms with Crippen LogP contribution in [0.4, 0.5) is 0 Å². The predicted molar refractivity (Wildman–Crippen MR) is 156 cm³/mol. The summed E-state index contributed by atoms with van der Waals surface area (Å²) in [6.45, 7) is 2.21. The topological polar surface area (TPSA) is 76.7 Å². The van der Waals surface area contributed by atoms with Gasteiger partial charge < -0.3 is 20.1 Å². The highest BCUT2D eigenvalue weighted by Crippen LogP contribution is 2.28. The largest absolute Gasteiger partial charge is 0.492 e. The van der Waals surface area contributed by atoms with Gasteiger partial charge in [0.25, 0.3) is 0 Å². The van der Waals surface area contributed by atoms with Crippen molar-refractivity contribution in [1.82, 2.24) is 10.6 Å². The Morgan fingerprint density at radius 3 is 1.37 bits per heavy atom. The molecule has 0 aliphatic rings. The highest BCUT2D eigenvalue weighted by molar-refractivity contribution is 6.36. The van der Waals surface area contributed by atoms with Crippen molar-refractivity contribution in [3.05, 3.63) is 56.5 Å². The van der Waals surface area contributed by atoms with Gasteiger partial charge in [-0.1, -0.05) is 72.1 Å². The standard InChI is InChI=1S/C28H36Cl4N2O4/c29-21-11-13-25(23(31)19-21)37-17-7-9-27(35)33-15-5-3-1-2-4-6-16-34-28(36)10-8-18-38-26-14-12-22(30)20-24(26)32/h11-14,19-20H,1-10,15-18H2,(H,33,35)(H,34,36). The van der Waals surface area contributed by atoms with E-state index in [4.69, 9.17) is 55.9 Å². The maximum Gasteiger partial charge on any atom is 0.220 e.